The third-order valence-electron chi connectivity index (χ3n) is 5.17. The number of sulfonamides is 1. The highest BCUT2D eigenvalue weighted by Crippen LogP contribution is 2.34. The van der Waals surface area contributed by atoms with Crippen LogP contribution in [0, 0.1) is 0 Å². The summed E-state index contributed by atoms with van der Waals surface area (Å²) < 4.78 is 39.1. The van der Waals surface area contributed by atoms with Crippen molar-refractivity contribution in [3.05, 3.63) is 66.2 Å². The number of methoxy groups -OCH3 is 2. The summed E-state index contributed by atoms with van der Waals surface area (Å²) in [6, 6.07) is 12.4. The zero-order chi connectivity index (χ0) is 20.1. The van der Waals surface area contributed by atoms with Crippen molar-refractivity contribution in [2.24, 2.45) is 0 Å². The topological polar surface area (TPSA) is 69.1 Å². The van der Waals surface area contributed by atoms with E-state index < -0.39 is 10.0 Å². The van der Waals surface area contributed by atoms with Crippen LogP contribution in [0.2, 0.25) is 0 Å². The van der Waals surface area contributed by atoms with Gasteiger partial charge in [0, 0.05) is 12.0 Å². The summed E-state index contributed by atoms with van der Waals surface area (Å²) >= 11 is 0. The molecule has 2 atom stereocenters. The van der Waals surface area contributed by atoms with E-state index >= 15 is 0 Å². The van der Waals surface area contributed by atoms with Gasteiger partial charge < -0.3 is 14.4 Å². The predicted molar refractivity (Wildman–Crippen MR) is 109 cm³/mol. The second-order valence-corrected chi connectivity index (χ2v) is 8.54. The molecule has 0 aromatic heterocycles. The highest BCUT2D eigenvalue weighted by molar-refractivity contribution is 7.89. The average molecular weight is 404 g/mol. The van der Waals surface area contributed by atoms with E-state index in [0.29, 0.717) is 18.0 Å². The molecule has 3 rings (SSSR count). The molecule has 1 heterocycles. The van der Waals surface area contributed by atoms with Crippen LogP contribution in [0.5, 0.6) is 11.5 Å². The van der Waals surface area contributed by atoms with Gasteiger partial charge in [-0.15, -0.1) is 0 Å². The van der Waals surface area contributed by atoms with Crippen molar-refractivity contribution in [2.45, 2.75) is 17.4 Å². The normalized spacial score (nSPS) is 18.9. The first-order valence-corrected chi connectivity index (χ1v) is 10.7. The quantitative estimate of drug-likeness (QED) is 0.653. The van der Waals surface area contributed by atoms with E-state index in [9.17, 15) is 8.42 Å². The van der Waals surface area contributed by atoms with Crippen molar-refractivity contribution >= 4 is 10.0 Å². The maximum Gasteiger partial charge on any atom is 0.240 e. The molecule has 2 N–H and O–H groups in total. The van der Waals surface area contributed by atoms with Crippen molar-refractivity contribution in [1.29, 1.82) is 0 Å². The fraction of sp³-hybridized carbons (Fsp3) is 0.333. The fourth-order valence-corrected chi connectivity index (χ4v) is 4.80. The fourth-order valence-electron chi connectivity index (χ4n) is 3.73. The van der Waals surface area contributed by atoms with Crippen molar-refractivity contribution in [2.75, 3.05) is 33.9 Å². The molecule has 0 radical (unpaired) electrons. The summed E-state index contributed by atoms with van der Waals surface area (Å²) in [6.45, 7) is 5.80. The zero-order valence-corrected chi connectivity index (χ0v) is 17.1. The van der Waals surface area contributed by atoms with Crippen molar-refractivity contribution < 1.29 is 22.8 Å². The minimum atomic E-state index is -3.57. The Morgan fingerprint density at radius 1 is 1.18 bits per heavy atom. The average Bonchev–Trinajstić information content (AvgIpc) is 2.72. The molecular formula is C21H27N2O4S+. The molecule has 150 valence electrons. The highest BCUT2D eigenvalue weighted by atomic mass is 32.2. The Morgan fingerprint density at radius 3 is 2.50 bits per heavy atom. The molecule has 0 saturated carbocycles. The Kier molecular flexibility index (Phi) is 6.39. The molecule has 2 aromatic carbocycles. The molecule has 6 nitrogen and oxygen atoms in total. The predicted octanol–water partition coefficient (Wildman–Crippen LogP) is 1.35. The molecule has 2 aromatic rings. The van der Waals surface area contributed by atoms with Gasteiger partial charge in [-0.2, -0.15) is 0 Å². The smallest absolute Gasteiger partial charge is 0.240 e. The summed E-state index contributed by atoms with van der Waals surface area (Å²) in [7, 11) is -0.350. The van der Waals surface area contributed by atoms with Crippen LogP contribution in [-0.4, -0.2) is 42.3 Å². The molecule has 28 heavy (non-hydrogen) atoms. The number of ether oxygens (including phenoxy) is 2. The Hall–Kier alpha value is -2.35. The van der Waals surface area contributed by atoms with E-state index in [0.717, 1.165) is 30.6 Å². The highest BCUT2D eigenvalue weighted by Gasteiger charge is 2.33. The molecular weight excluding hydrogens is 376 g/mol. The Labute approximate surface area is 166 Å². The van der Waals surface area contributed by atoms with Crippen LogP contribution in [0.15, 0.2) is 60.0 Å². The largest absolute Gasteiger partial charge is 0.493 e. The Morgan fingerprint density at radius 2 is 1.86 bits per heavy atom. The van der Waals surface area contributed by atoms with Crippen LogP contribution in [0.25, 0.3) is 0 Å². The number of rotatable bonds is 8. The lowest BCUT2D eigenvalue weighted by Gasteiger charge is -2.34. The van der Waals surface area contributed by atoms with Gasteiger partial charge >= 0.3 is 0 Å². The minimum Gasteiger partial charge on any atom is -0.493 e. The van der Waals surface area contributed by atoms with Crippen molar-refractivity contribution in [3.63, 3.8) is 0 Å². The third-order valence-corrected chi connectivity index (χ3v) is 6.61. The SMILES string of the molecule is C=CC[NH+]1CCc2cc(OC)c(OC)cc2[C@H]1CNS(=O)(=O)c1ccccc1. The Bertz CT molecular complexity index is 929. The van der Waals surface area contributed by atoms with E-state index in [4.69, 9.17) is 9.47 Å². The minimum absolute atomic E-state index is 0.0416. The van der Waals surface area contributed by atoms with Gasteiger partial charge in [-0.1, -0.05) is 24.8 Å². The van der Waals surface area contributed by atoms with Gasteiger partial charge in [-0.3, -0.25) is 0 Å². The second-order valence-electron chi connectivity index (χ2n) is 6.77. The van der Waals surface area contributed by atoms with E-state index in [1.807, 2.05) is 18.2 Å². The number of nitrogens with one attached hydrogen (secondary N) is 2. The molecule has 0 aliphatic carbocycles. The van der Waals surface area contributed by atoms with Crippen molar-refractivity contribution in [3.8, 4) is 11.5 Å². The zero-order valence-electron chi connectivity index (χ0n) is 16.3. The molecule has 0 spiro atoms. The van der Waals surface area contributed by atoms with Crippen LogP contribution in [0.4, 0.5) is 0 Å². The molecule has 0 bridgehead atoms. The lowest BCUT2D eigenvalue weighted by atomic mass is 9.92. The first-order chi connectivity index (χ1) is 13.5. The lowest BCUT2D eigenvalue weighted by molar-refractivity contribution is -0.926. The second kappa shape index (κ2) is 8.77. The molecule has 0 saturated heterocycles. The first-order valence-electron chi connectivity index (χ1n) is 9.25. The van der Waals surface area contributed by atoms with E-state index in [1.54, 1.807) is 44.6 Å². The van der Waals surface area contributed by atoms with Gasteiger partial charge in [0.1, 0.15) is 6.04 Å². The number of quaternary nitrogens is 1. The lowest BCUT2D eigenvalue weighted by Crippen LogP contribution is -3.13. The molecule has 1 aliphatic heterocycles. The number of benzene rings is 2. The number of hydrogen-bond donors (Lipinski definition) is 2. The van der Waals surface area contributed by atoms with Crippen LogP contribution in [0.1, 0.15) is 17.2 Å². The van der Waals surface area contributed by atoms with Gasteiger partial charge in [-0.25, -0.2) is 13.1 Å². The number of fused-ring (bicyclic) bond motifs is 1. The van der Waals surface area contributed by atoms with E-state index in [2.05, 4.69) is 11.3 Å². The van der Waals surface area contributed by atoms with Gasteiger partial charge in [0.2, 0.25) is 10.0 Å². The summed E-state index contributed by atoms with van der Waals surface area (Å²) in [4.78, 5) is 1.54. The Balaban J connectivity index is 1.92. The van der Waals surface area contributed by atoms with Crippen LogP contribution in [0.3, 0.4) is 0 Å². The summed E-state index contributed by atoms with van der Waals surface area (Å²) in [5, 5.41) is 0. The molecule has 1 aliphatic rings. The third kappa shape index (κ3) is 4.22. The van der Waals surface area contributed by atoms with E-state index in [-0.39, 0.29) is 10.9 Å². The van der Waals surface area contributed by atoms with Gasteiger partial charge in [0.05, 0.1) is 38.7 Å². The monoisotopic (exact) mass is 403 g/mol. The van der Waals surface area contributed by atoms with E-state index in [1.165, 1.54) is 4.90 Å². The molecule has 0 amide bonds. The molecule has 0 fully saturated rings. The van der Waals surface area contributed by atoms with Gasteiger partial charge in [0.15, 0.2) is 11.5 Å². The van der Waals surface area contributed by atoms with Gasteiger partial charge in [-0.05, 0) is 35.9 Å². The molecule has 1 unspecified atom stereocenters. The number of hydrogen-bond acceptors (Lipinski definition) is 4. The van der Waals surface area contributed by atoms with Crippen LogP contribution >= 0.6 is 0 Å². The van der Waals surface area contributed by atoms with Crippen molar-refractivity contribution in [1.82, 2.24) is 4.72 Å². The van der Waals surface area contributed by atoms with Crippen LogP contribution in [-0.2, 0) is 16.4 Å². The summed E-state index contributed by atoms with van der Waals surface area (Å²) in [5.74, 6) is 1.34. The van der Waals surface area contributed by atoms with Crippen LogP contribution < -0.4 is 19.1 Å². The first kappa shape index (κ1) is 20.4. The maximum absolute atomic E-state index is 12.7. The standard InChI is InChI=1S/C21H26N2O4S/c1-4-11-23-12-10-16-13-20(26-2)21(27-3)14-18(16)19(23)15-22-28(24,25)17-8-6-5-7-9-17/h4-9,13-14,19,22H,1,10-12,15H2,2-3H3/p+1/t19-/m1/s1. The van der Waals surface area contributed by atoms with Gasteiger partial charge in [0.25, 0.3) is 0 Å². The maximum atomic E-state index is 12.7. The summed E-state index contributed by atoms with van der Waals surface area (Å²) in [5.41, 5.74) is 2.24. The summed E-state index contributed by atoms with van der Waals surface area (Å²) in [6.07, 6.45) is 2.76. The molecule has 7 heteroatoms.